The van der Waals surface area contributed by atoms with Crippen molar-refractivity contribution >= 4 is 0 Å². The minimum atomic E-state index is 0.707. The molecule has 0 heterocycles. The molecule has 0 saturated heterocycles. The lowest BCUT2D eigenvalue weighted by Crippen LogP contribution is -2.03. The van der Waals surface area contributed by atoms with E-state index < -0.39 is 0 Å². The molecule has 0 amide bonds. The van der Waals surface area contributed by atoms with Gasteiger partial charge in [0.15, 0.2) is 0 Å². The van der Waals surface area contributed by atoms with Crippen LogP contribution in [0.3, 0.4) is 0 Å². The third-order valence-corrected chi connectivity index (χ3v) is 4.69. The molecule has 1 aliphatic carbocycles. The van der Waals surface area contributed by atoms with Crippen molar-refractivity contribution in [2.24, 2.45) is 23.2 Å². The van der Waals surface area contributed by atoms with Crippen molar-refractivity contribution in [3.05, 3.63) is 0 Å². The smallest absolute Gasteiger partial charge is 0.0266 e. The highest BCUT2D eigenvalue weighted by Gasteiger charge is 2.55. The van der Waals surface area contributed by atoms with Gasteiger partial charge in [0.25, 0.3) is 0 Å². The largest absolute Gasteiger partial charge is 0.0651 e. The van der Waals surface area contributed by atoms with E-state index >= 15 is 0 Å². The molecule has 0 aromatic rings. The first kappa shape index (κ1) is 11.1. The standard InChI is InChI=1S/C13H26/c1-6-10(3)8-9-13(5)11(4)12(13)7-2/h10-12H,6-9H2,1-5H3. The summed E-state index contributed by atoms with van der Waals surface area (Å²) in [6.07, 6.45) is 5.63. The Balaban J connectivity index is 2.30. The second-order valence-corrected chi connectivity index (χ2v) is 5.36. The van der Waals surface area contributed by atoms with E-state index in [0.29, 0.717) is 5.41 Å². The van der Waals surface area contributed by atoms with Crippen molar-refractivity contribution in [1.29, 1.82) is 0 Å². The second kappa shape index (κ2) is 4.02. The molecule has 0 aliphatic heterocycles. The Kier molecular flexibility index (Phi) is 3.43. The molecule has 1 rings (SSSR count). The SMILES string of the molecule is CCC(C)CCC1(C)C(C)C1CC. The minimum absolute atomic E-state index is 0.707. The molecule has 13 heavy (non-hydrogen) atoms. The van der Waals surface area contributed by atoms with Crippen LogP contribution in [0.5, 0.6) is 0 Å². The fraction of sp³-hybridized carbons (Fsp3) is 1.00. The van der Waals surface area contributed by atoms with Gasteiger partial charge in [0.2, 0.25) is 0 Å². The van der Waals surface area contributed by atoms with Crippen LogP contribution in [-0.2, 0) is 0 Å². The molecule has 4 unspecified atom stereocenters. The van der Waals surface area contributed by atoms with Crippen molar-refractivity contribution in [2.45, 2.75) is 60.3 Å². The van der Waals surface area contributed by atoms with Crippen LogP contribution in [0.4, 0.5) is 0 Å². The zero-order chi connectivity index (χ0) is 10.1. The molecule has 0 radical (unpaired) electrons. The molecule has 0 spiro atoms. The van der Waals surface area contributed by atoms with E-state index in [2.05, 4.69) is 34.6 Å². The zero-order valence-corrected chi connectivity index (χ0v) is 10.1. The van der Waals surface area contributed by atoms with Gasteiger partial charge < -0.3 is 0 Å². The van der Waals surface area contributed by atoms with Gasteiger partial charge in [0.1, 0.15) is 0 Å². The Hall–Kier alpha value is 0. The lowest BCUT2D eigenvalue weighted by Gasteiger charge is -2.14. The van der Waals surface area contributed by atoms with Crippen LogP contribution >= 0.6 is 0 Å². The first-order valence-corrected chi connectivity index (χ1v) is 6.06. The zero-order valence-electron chi connectivity index (χ0n) is 10.1. The van der Waals surface area contributed by atoms with E-state index in [1.807, 2.05) is 0 Å². The Morgan fingerprint density at radius 1 is 1.31 bits per heavy atom. The fourth-order valence-electron chi connectivity index (χ4n) is 2.90. The molecule has 0 heteroatoms. The minimum Gasteiger partial charge on any atom is -0.0651 e. The normalized spacial score (nSPS) is 40.4. The lowest BCUT2D eigenvalue weighted by molar-refractivity contribution is 0.370. The Morgan fingerprint density at radius 2 is 1.92 bits per heavy atom. The predicted molar refractivity (Wildman–Crippen MR) is 59.7 cm³/mol. The van der Waals surface area contributed by atoms with Crippen LogP contribution in [-0.4, -0.2) is 0 Å². The first-order chi connectivity index (χ1) is 6.06. The van der Waals surface area contributed by atoms with E-state index in [9.17, 15) is 0 Å². The summed E-state index contributed by atoms with van der Waals surface area (Å²) in [6.45, 7) is 12.0. The molecule has 4 atom stereocenters. The Labute approximate surface area is 84.1 Å². The van der Waals surface area contributed by atoms with Gasteiger partial charge >= 0.3 is 0 Å². The second-order valence-electron chi connectivity index (χ2n) is 5.36. The van der Waals surface area contributed by atoms with E-state index in [0.717, 1.165) is 17.8 Å². The molecular weight excluding hydrogens is 156 g/mol. The lowest BCUT2D eigenvalue weighted by atomic mass is 9.91. The summed E-state index contributed by atoms with van der Waals surface area (Å²) in [7, 11) is 0. The van der Waals surface area contributed by atoms with Gasteiger partial charge in [-0.25, -0.2) is 0 Å². The monoisotopic (exact) mass is 182 g/mol. The topological polar surface area (TPSA) is 0 Å². The maximum absolute atomic E-state index is 2.49. The van der Waals surface area contributed by atoms with Crippen LogP contribution < -0.4 is 0 Å². The van der Waals surface area contributed by atoms with Crippen molar-refractivity contribution in [1.82, 2.24) is 0 Å². The third kappa shape index (κ3) is 2.08. The summed E-state index contributed by atoms with van der Waals surface area (Å²) in [6, 6.07) is 0. The summed E-state index contributed by atoms with van der Waals surface area (Å²) in [4.78, 5) is 0. The summed E-state index contributed by atoms with van der Waals surface area (Å²) in [5, 5.41) is 0. The van der Waals surface area contributed by atoms with Crippen molar-refractivity contribution in [2.75, 3.05) is 0 Å². The number of hydrogen-bond donors (Lipinski definition) is 0. The molecule has 78 valence electrons. The molecule has 0 N–H and O–H groups in total. The van der Waals surface area contributed by atoms with Gasteiger partial charge in [0.05, 0.1) is 0 Å². The summed E-state index contributed by atoms with van der Waals surface area (Å²) < 4.78 is 0. The fourth-order valence-corrected chi connectivity index (χ4v) is 2.90. The highest BCUT2D eigenvalue weighted by Crippen LogP contribution is 2.62. The first-order valence-electron chi connectivity index (χ1n) is 6.06. The molecule has 1 fully saturated rings. The van der Waals surface area contributed by atoms with Crippen molar-refractivity contribution in [3.8, 4) is 0 Å². The van der Waals surface area contributed by atoms with Crippen LogP contribution in [0.2, 0.25) is 0 Å². The average molecular weight is 182 g/mol. The summed E-state index contributed by atoms with van der Waals surface area (Å²) in [5.41, 5.74) is 0.707. The highest BCUT2D eigenvalue weighted by atomic mass is 14.6. The highest BCUT2D eigenvalue weighted by molar-refractivity contribution is 5.04. The van der Waals surface area contributed by atoms with Crippen molar-refractivity contribution in [3.63, 3.8) is 0 Å². The summed E-state index contributed by atoms with van der Waals surface area (Å²) in [5.74, 6) is 2.94. The Morgan fingerprint density at radius 3 is 2.31 bits per heavy atom. The van der Waals surface area contributed by atoms with Gasteiger partial charge in [-0.15, -0.1) is 0 Å². The quantitative estimate of drug-likeness (QED) is 0.587. The number of rotatable bonds is 5. The van der Waals surface area contributed by atoms with E-state index in [1.165, 1.54) is 25.7 Å². The van der Waals surface area contributed by atoms with Gasteiger partial charge in [-0.2, -0.15) is 0 Å². The Bertz CT molecular complexity index is 161. The predicted octanol–water partition coefficient (Wildman–Crippen LogP) is 4.49. The van der Waals surface area contributed by atoms with E-state index in [4.69, 9.17) is 0 Å². The molecule has 0 aromatic heterocycles. The van der Waals surface area contributed by atoms with Crippen LogP contribution in [0.25, 0.3) is 0 Å². The molecule has 1 saturated carbocycles. The molecule has 1 aliphatic rings. The van der Waals surface area contributed by atoms with Gasteiger partial charge in [-0.05, 0) is 29.6 Å². The van der Waals surface area contributed by atoms with Gasteiger partial charge in [-0.1, -0.05) is 53.9 Å². The third-order valence-electron chi connectivity index (χ3n) is 4.69. The maximum atomic E-state index is 2.49. The van der Waals surface area contributed by atoms with Crippen LogP contribution in [0, 0.1) is 23.2 Å². The number of hydrogen-bond acceptors (Lipinski definition) is 0. The summed E-state index contributed by atoms with van der Waals surface area (Å²) >= 11 is 0. The maximum Gasteiger partial charge on any atom is -0.0266 e. The van der Waals surface area contributed by atoms with Crippen molar-refractivity contribution < 1.29 is 0 Å². The van der Waals surface area contributed by atoms with E-state index in [-0.39, 0.29) is 0 Å². The van der Waals surface area contributed by atoms with E-state index in [1.54, 1.807) is 0 Å². The molecular formula is C13H26. The van der Waals surface area contributed by atoms with Gasteiger partial charge in [-0.3, -0.25) is 0 Å². The van der Waals surface area contributed by atoms with Crippen LogP contribution in [0.1, 0.15) is 60.3 Å². The molecule has 0 bridgehead atoms. The molecule has 0 nitrogen and oxygen atoms in total. The molecule has 0 aromatic carbocycles. The van der Waals surface area contributed by atoms with Crippen LogP contribution in [0.15, 0.2) is 0 Å². The van der Waals surface area contributed by atoms with Gasteiger partial charge in [0, 0.05) is 0 Å². The average Bonchev–Trinajstić information content (AvgIpc) is 2.65.